The number of nitrogens with one attached hydrogen (secondary N) is 1. The van der Waals surface area contributed by atoms with Crippen LogP contribution < -0.4 is 10.1 Å². The first kappa shape index (κ1) is 27.1. The van der Waals surface area contributed by atoms with Gasteiger partial charge in [0.25, 0.3) is 0 Å². The standard InChI is InChI=1S/C26H35ClN2O3S/c1-4-6-16-28-26(31)24(5-2)29(19-20-9-7-10-22(18-20)32-3)25(30)11-8-17-33-23-14-12-21(27)13-15-23/h7,9-10,12-15,18,24H,4-6,8,11,16-17,19H2,1-3H3,(H,28,31)/t24-/m0/s1. The fourth-order valence-electron chi connectivity index (χ4n) is 3.48. The summed E-state index contributed by atoms with van der Waals surface area (Å²) in [5.74, 6) is 1.46. The number of nitrogens with zero attached hydrogens (tertiary/aromatic N) is 1. The number of methoxy groups -OCH3 is 1. The predicted octanol–water partition coefficient (Wildman–Crippen LogP) is 5.94. The molecule has 0 aliphatic heterocycles. The lowest BCUT2D eigenvalue weighted by molar-refractivity contribution is -0.141. The highest BCUT2D eigenvalue weighted by Crippen LogP contribution is 2.23. The minimum absolute atomic E-state index is 0.00739. The summed E-state index contributed by atoms with van der Waals surface area (Å²) in [5.41, 5.74) is 0.943. The number of ether oxygens (including phenoxy) is 1. The zero-order chi connectivity index (χ0) is 24.1. The van der Waals surface area contributed by atoms with Crippen LogP contribution in [-0.2, 0) is 16.1 Å². The highest BCUT2D eigenvalue weighted by Gasteiger charge is 2.28. The van der Waals surface area contributed by atoms with E-state index in [0.717, 1.165) is 41.2 Å². The SMILES string of the molecule is CCCCNC(=O)[C@H](CC)N(Cc1cccc(OC)c1)C(=O)CCCSc1ccc(Cl)cc1. The zero-order valence-electron chi connectivity index (χ0n) is 19.8. The van der Waals surface area contributed by atoms with Gasteiger partial charge in [0.15, 0.2) is 0 Å². The minimum atomic E-state index is -0.496. The van der Waals surface area contributed by atoms with Crippen LogP contribution in [0.25, 0.3) is 0 Å². The molecule has 180 valence electrons. The second kappa shape index (κ2) is 14.9. The van der Waals surface area contributed by atoms with Gasteiger partial charge in [0.1, 0.15) is 11.8 Å². The molecule has 7 heteroatoms. The van der Waals surface area contributed by atoms with Gasteiger partial charge in [-0.15, -0.1) is 11.8 Å². The fraction of sp³-hybridized carbons (Fsp3) is 0.462. The highest BCUT2D eigenvalue weighted by atomic mass is 35.5. The van der Waals surface area contributed by atoms with Crippen LogP contribution in [0.2, 0.25) is 5.02 Å². The van der Waals surface area contributed by atoms with Crippen molar-refractivity contribution in [2.75, 3.05) is 19.4 Å². The molecule has 0 aliphatic rings. The van der Waals surface area contributed by atoms with E-state index < -0.39 is 6.04 Å². The van der Waals surface area contributed by atoms with E-state index in [2.05, 4.69) is 12.2 Å². The summed E-state index contributed by atoms with van der Waals surface area (Å²) in [6.45, 7) is 5.04. The number of hydrogen-bond acceptors (Lipinski definition) is 4. The summed E-state index contributed by atoms with van der Waals surface area (Å²) in [7, 11) is 1.62. The van der Waals surface area contributed by atoms with Gasteiger partial charge in [-0.3, -0.25) is 9.59 Å². The first-order valence-corrected chi connectivity index (χ1v) is 12.9. The van der Waals surface area contributed by atoms with Crippen LogP contribution >= 0.6 is 23.4 Å². The minimum Gasteiger partial charge on any atom is -0.497 e. The lowest BCUT2D eigenvalue weighted by Gasteiger charge is -2.31. The zero-order valence-corrected chi connectivity index (χ0v) is 21.4. The van der Waals surface area contributed by atoms with Gasteiger partial charge < -0.3 is 15.0 Å². The van der Waals surface area contributed by atoms with Gasteiger partial charge in [0.05, 0.1) is 7.11 Å². The van der Waals surface area contributed by atoms with Crippen molar-refractivity contribution in [3.8, 4) is 5.75 Å². The van der Waals surface area contributed by atoms with E-state index in [9.17, 15) is 9.59 Å². The van der Waals surface area contributed by atoms with E-state index in [0.29, 0.717) is 31.0 Å². The second-order valence-electron chi connectivity index (χ2n) is 7.85. The molecule has 33 heavy (non-hydrogen) atoms. The number of carbonyl (C=O) groups excluding carboxylic acids is 2. The number of thioether (sulfide) groups is 1. The second-order valence-corrected chi connectivity index (χ2v) is 9.45. The van der Waals surface area contributed by atoms with Crippen LogP contribution in [0.5, 0.6) is 5.75 Å². The van der Waals surface area contributed by atoms with Crippen LogP contribution in [0.1, 0.15) is 51.5 Å². The molecule has 1 N–H and O–H groups in total. The number of hydrogen-bond donors (Lipinski definition) is 1. The number of benzene rings is 2. The van der Waals surface area contributed by atoms with Gasteiger partial charge in [-0.25, -0.2) is 0 Å². The van der Waals surface area contributed by atoms with Gasteiger partial charge in [0.2, 0.25) is 11.8 Å². The molecule has 0 aliphatic carbocycles. The maximum atomic E-state index is 13.3. The quantitative estimate of drug-likeness (QED) is 0.263. The summed E-state index contributed by atoms with van der Waals surface area (Å²) >= 11 is 7.64. The number of unbranched alkanes of at least 4 members (excludes halogenated alkanes) is 1. The molecule has 0 aromatic heterocycles. The smallest absolute Gasteiger partial charge is 0.242 e. The Bertz CT molecular complexity index is 876. The van der Waals surface area contributed by atoms with Gasteiger partial charge in [-0.2, -0.15) is 0 Å². The molecule has 0 spiro atoms. The topological polar surface area (TPSA) is 58.6 Å². The summed E-state index contributed by atoms with van der Waals surface area (Å²) in [6.07, 6.45) is 3.62. The van der Waals surface area contributed by atoms with Crippen LogP contribution in [0.3, 0.4) is 0 Å². The average Bonchev–Trinajstić information content (AvgIpc) is 2.83. The molecular weight excluding hydrogens is 456 g/mol. The van der Waals surface area contributed by atoms with Crippen molar-refractivity contribution in [1.29, 1.82) is 0 Å². The molecule has 0 bridgehead atoms. The average molecular weight is 491 g/mol. The summed E-state index contributed by atoms with van der Waals surface area (Å²) < 4.78 is 5.33. The largest absolute Gasteiger partial charge is 0.497 e. The van der Waals surface area contributed by atoms with Crippen molar-refractivity contribution in [2.24, 2.45) is 0 Å². The van der Waals surface area contributed by atoms with Crippen molar-refractivity contribution < 1.29 is 14.3 Å². The van der Waals surface area contributed by atoms with E-state index in [1.54, 1.807) is 23.8 Å². The van der Waals surface area contributed by atoms with Crippen molar-refractivity contribution in [1.82, 2.24) is 10.2 Å². The van der Waals surface area contributed by atoms with Crippen molar-refractivity contribution in [3.05, 3.63) is 59.1 Å². The Morgan fingerprint density at radius 1 is 1.12 bits per heavy atom. The molecule has 5 nitrogen and oxygen atoms in total. The molecule has 0 saturated heterocycles. The Labute approximate surface area is 207 Å². The molecule has 2 amide bonds. The summed E-state index contributed by atoms with van der Waals surface area (Å²) in [4.78, 5) is 29.0. The highest BCUT2D eigenvalue weighted by molar-refractivity contribution is 7.99. The van der Waals surface area contributed by atoms with Crippen molar-refractivity contribution in [2.45, 2.75) is 63.4 Å². The van der Waals surface area contributed by atoms with Crippen LogP contribution in [0.4, 0.5) is 0 Å². The third-order valence-corrected chi connectivity index (χ3v) is 6.67. The Hall–Kier alpha value is -2.18. The first-order valence-electron chi connectivity index (χ1n) is 11.6. The van der Waals surface area contributed by atoms with Gasteiger partial charge >= 0.3 is 0 Å². The number of carbonyl (C=O) groups is 2. The lowest BCUT2D eigenvalue weighted by Crippen LogP contribution is -2.49. The third kappa shape index (κ3) is 9.30. The molecule has 0 saturated carbocycles. The maximum absolute atomic E-state index is 13.3. The Kier molecular flexibility index (Phi) is 12.2. The molecular formula is C26H35ClN2O3S. The summed E-state index contributed by atoms with van der Waals surface area (Å²) in [5, 5.41) is 3.71. The molecule has 0 heterocycles. The molecule has 0 fully saturated rings. The monoisotopic (exact) mass is 490 g/mol. The number of amides is 2. The Morgan fingerprint density at radius 2 is 1.88 bits per heavy atom. The van der Waals surface area contributed by atoms with Gasteiger partial charge in [-0.1, -0.05) is 44.0 Å². The molecule has 2 rings (SSSR count). The van der Waals surface area contributed by atoms with Crippen LogP contribution in [0.15, 0.2) is 53.4 Å². The van der Waals surface area contributed by atoms with E-state index in [1.807, 2.05) is 55.5 Å². The number of halogens is 1. The third-order valence-electron chi connectivity index (χ3n) is 5.32. The fourth-order valence-corrected chi connectivity index (χ4v) is 4.46. The van der Waals surface area contributed by atoms with Crippen molar-refractivity contribution >= 4 is 35.2 Å². The van der Waals surface area contributed by atoms with Crippen LogP contribution in [0, 0.1) is 0 Å². The molecule has 0 unspecified atom stereocenters. The molecule has 1 atom stereocenters. The van der Waals surface area contributed by atoms with Gasteiger partial charge in [-0.05, 0) is 67.0 Å². The lowest BCUT2D eigenvalue weighted by atomic mass is 10.1. The van der Waals surface area contributed by atoms with E-state index >= 15 is 0 Å². The molecule has 0 radical (unpaired) electrons. The summed E-state index contributed by atoms with van der Waals surface area (Å²) in [6, 6.07) is 14.9. The Morgan fingerprint density at radius 3 is 2.55 bits per heavy atom. The van der Waals surface area contributed by atoms with E-state index in [-0.39, 0.29) is 11.8 Å². The molecule has 2 aromatic rings. The first-order chi connectivity index (χ1) is 16.0. The molecule has 2 aromatic carbocycles. The predicted molar refractivity (Wildman–Crippen MR) is 137 cm³/mol. The van der Waals surface area contributed by atoms with E-state index in [4.69, 9.17) is 16.3 Å². The van der Waals surface area contributed by atoms with Crippen molar-refractivity contribution in [3.63, 3.8) is 0 Å². The Balaban J connectivity index is 2.05. The number of rotatable bonds is 14. The van der Waals surface area contributed by atoms with E-state index in [1.165, 1.54) is 0 Å². The van der Waals surface area contributed by atoms with Crippen LogP contribution in [-0.4, -0.2) is 42.2 Å². The normalized spacial score (nSPS) is 11.6. The maximum Gasteiger partial charge on any atom is 0.242 e. The van der Waals surface area contributed by atoms with Gasteiger partial charge in [0, 0.05) is 29.4 Å².